The van der Waals surface area contributed by atoms with Gasteiger partial charge in [-0.3, -0.25) is 4.79 Å². The van der Waals surface area contributed by atoms with Crippen LogP contribution in [0, 0.1) is 0 Å². The Kier molecular flexibility index (Phi) is 5.39. The summed E-state index contributed by atoms with van der Waals surface area (Å²) < 4.78 is 5.58. The summed E-state index contributed by atoms with van der Waals surface area (Å²) in [7, 11) is 0. The molecule has 1 saturated heterocycles. The highest BCUT2D eigenvalue weighted by molar-refractivity contribution is 5.79. The molecule has 1 amide bonds. The molecule has 5 nitrogen and oxygen atoms in total. The molecule has 0 radical (unpaired) electrons. The Morgan fingerprint density at radius 1 is 1.26 bits per heavy atom. The van der Waals surface area contributed by atoms with E-state index in [0.717, 1.165) is 43.6 Å². The number of nitrogens with zero attached hydrogens (tertiary/aromatic N) is 1. The fourth-order valence-electron chi connectivity index (χ4n) is 2.35. The van der Waals surface area contributed by atoms with E-state index < -0.39 is 5.97 Å². The Hall–Kier alpha value is -1.36. The van der Waals surface area contributed by atoms with Gasteiger partial charge in [0.25, 0.3) is 5.91 Å². The maximum absolute atomic E-state index is 11.6. The molecule has 1 fully saturated rings. The number of hydrogen-bond donors (Lipinski definition) is 0. The number of carbonyl (C=O) groups excluding carboxylic acids is 2. The van der Waals surface area contributed by atoms with Gasteiger partial charge in [0, 0.05) is 6.42 Å². The largest absolute Gasteiger partial charge is 0.366 e. The molecule has 2 aliphatic rings. The predicted octanol–water partition coefficient (Wildman–Crippen LogP) is 1.97. The molecular weight excluding hydrogens is 246 g/mol. The first kappa shape index (κ1) is 14.1. The van der Waals surface area contributed by atoms with E-state index in [0.29, 0.717) is 13.0 Å². The molecule has 19 heavy (non-hydrogen) atoms. The van der Waals surface area contributed by atoms with Gasteiger partial charge in [0.1, 0.15) is 6.61 Å². The van der Waals surface area contributed by atoms with Gasteiger partial charge in [-0.05, 0) is 38.5 Å². The lowest BCUT2D eigenvalue weighted by Gasteiger charge is -2.19. The molecule has 0 aromatic heterocycles. The van der Waals surface area contributed by atoms with E-state index in [2.05, 4.69) is 12.2 Å². The summed E-state index contributed by atoms with van der Waals surface area (Å²) in [6, 6.07) is 0. The van der Waals surface area contributed by atoms with E-state index in [1.165, 1.54) is 0 Å². The molecule has 0 aromatic rings. The van der Waals surface area contributed by atoms with Gasteiger partial charge in [0.2, 0.25) is 0 Å². The predicted molar refractivity (Wildman–Crippen MR) is 69.0 cm³/mol. The second-order valence-electron chi connectivity index (χ2n) is 4.98. The Morgan fingerprint density at radius 3 is 2.89 bits per heavy atom. The van der Waals surface area contributed by atoms with Crippen LogP contribution in [0.4, 0.5) is 0 Å². The molecule has 1 heterocycles. The van der Waals surface area contributed by atoms with E-state index in [1.54, 1.807) is 0 Å². The van der Waals surface area contributed by atoms with E-state index in [1.807, 2.05) is 0 Å². The fourth-order valence-corrected chi connectivity index (χ4v) is 2.35. The summed E-state index contributed by atoms with van der Waals surface area (Å²) in [5.41, 5.74) is 0. The molecule has 0 bridgehead atoms. The zero-order valence-corrected chi connectivity index (χ0v) is 11.2. The van der Waals surface area contributed by atoms with Crippen LogP contribution >= 0.6 is 0 Å². The van der Waals surface area contributed by atoms with Crippen LogP contribution in [-0.4, -0.2) is 36.2 Å². The molecular formula is C14H21NO4. The van der Waals surface area contributed by atoms with Crippen LogP contribution in [0.15, 0.2) is 12.2 Å². The van der Waals surface area contributed by atoms with Crippen LogP contribution in [0.25, 0.3) is 0 Å². The monoisotopic (exact) mass is 267 g/mol. The number of ether oxygens (including phenoxy) is 1. The van der Waals surface area contributed by atoms with Crippen LogP contribution in [0.1, 0.15) is 44.9 Å². The van der Waals surface area contributed by atoms with Crippen molar-refractivity contribution in [3.63, 3.8) is 0 Å². The zero-order chi connectivity index (χ0) is 13.5. The Labute approximate surface area is 113 Å². The maximum atomic E-state index is 11.6. The SMILES string of the molecule is O=C(CO[C@H]1CC/C=C/CCC1)ON1CCCC1=O. The van der Waals surface area contributed by atoms with Crippen LogP contribution in [0.5, 0.6) is 0 Å². The third-order valence-corrected chi connectivity index (χ3v) is 3.40. The minimum atomic E-state index is -0.479. The van der Waals surface area contributed by atoms with Crippen molar-refractivity contribution in [1.29, 1.82) is 0 Å². The maximum Gasteiger partial charge on any atom is 0.357 e. The third-order valence-electron chi connectivity index (χ3n) is 3.40. The minimum Gasteiger partial charge on any atom is -0.366 e. The molecule has 0 N–H and O–H groups in total. The first-order chi connectivity index (χ1) is 9.25. The van der Waals surface area contributed by atoms with Crippen molar-refractivity contribution in [2.75, 3.05) is 13.2 Å². The summed E-state index contributed by atoms with van der Waals surface area (Å²) in [4.78, 5) is 27.9. The van der Waals surface area contributed by atoms with Crippen molar-refractivity contribution in [1.82, 2.24) is 5.06 Å². The average Bonchev–Trinajstić information content (AvgIpc) is 2.73. The first-order valence-corrected chi connectivity index (χ1v) is 7.03. The van der Waals surface area contributed by atoms with E-state index >= 15 is 0 Å². The van der Waals surface area contributed by atoms with Gasteiger partial charge < -0.3 is 9.57 Å². The average molecular weight is 267 g/mol. The molecule has 2 rings (SSSR count). The molecule has 0 aromatic carbocycles. The van der Waals surface area contributed by atoms with Crippen molar-refractivity contribution < 1.29 is 19.2 Å². The Balaban J connectivity index is 1.67. The van der Waals surface area contributed by atoms with Gasteiger partial charge in [0.05, 0.1) is 12.6 Å². The molecule has 106 valence electrons. The van der Waals surface area contributed by atoms with Gasteiger partial charge in [-0.15, -0.1) is 0 Å². The Morgan fingerprint density at radius 2 is 2.11 bits per heavy atom. The quantitative estimate of drug-likeness (QED) is 0.731. The molecule has 5 heteroatoms. The number of hydrogen-bond acceptors (Lipinski definition) is 4. The lowest BCUT2D eigenvalue weighted by atomic mass is 10.0. The smallest absolute Gasteiger partial charge is 0.357 e. The van der Waals surface area contributed by atoms with Gasteiger partial charge in [-0.1, -0.05) is 12.2 Å². The molecule has 0 saturated carbocycles. The molecule has 1 aliphatic heterocycles. The summed E-state index contributed by atoms with van der Waals surface area (Å²) >= 11 is 0. The van der Waals surface area contributed by atoms with E-state index in [4.69, 9.17) is 9.57 Å². The van der Waals surface area contributed by atoms with Gasteiger partial charge in [-0.25, -0.2) is 4.79 Å². The van der Waals surface area contributed by atoms with Gasteiger partial charge in [-0.2, -0.15) is 5.06 Å². The number of hydroxylamine groups is 2. The Bertz CT molecular complexity index is 353. The van der Waals surface area contributed by atoms with Crippen LogP contribution < -0.4 is 0 Å². The number of allylic oxidation sites excluding steroid dienone is 2. The van der Waals surface area contributed by atoms with E-state index in [-0.39, 0.29) is 18.6 Å². The lowest BCUT2D eigenvalue weighted by Crippen LogP contribution is -2.31. The van der Waals surface area contributed by atoms with Gasteiger partial charge >= 0.3 is 5.97 Å². The van der Waals surface area contributed by atoms with Crippen molar-refractivity contribution >= 4 is 11.9 Å². The normalized spacial score (nSPS) is 25.8. The standard InChI is InChI=1S/C14H21NO4/c16-13-9-6-10-15(13)19-14(17)11-18-12-7-4-2-1-3-5-8-12/h1-2,12H,3-11H2/b2-1+/t12-/m0/s1. The van der Waals surface area contributed by atoms with Crippen molar-refractivity contribution in [3.05, 3.63) is 12.2 Å². The summed E-state index contributed by atoms with van der Waals surface area (Å²) in [5, 5.41) is 1.15. The van der Waals surface area contributed by atoms with Crippen molar-refractivity contribution in [3.8, 4) is 0 Å². The van der Waals surface area contributed by atoms with E-state index in [9.17, 15) is 9.59 Å². The fraction of sp³-hybridized carbons (Fsp3) is 0.714. The van der Waals surface area contributed by atoms with Crippen LogP contribution in [0.3, 0.4) is 0 Å². The molecule has 0 unspecified atom stereocenters. The second kappa shape index (κ2) is 7.28. The summed E-state index contributed by atoms with van der Waals surface area (Å²) in [6.45, 7) is 0.428. The molecule has 1 aliphatic carbocycles. The topological polar surface area (TPSA) is 55.8 Å². The number of amides is 1. The molecule has 0 spiro atoms. The molecule has 1 atom stereocenters. The summed E-state index contributed by atoms with van der Waals surface area (Å²) in [5.74, 6) is -0.600. The van der Waals surface area contributed by atoms with Crippen LogP contribution in [0.2, 0.25) is 0 Å². The third kappa shape index (κ3) is 4.67. The van der Waals surface area contributed by atoms with Crippen molar-refractivity contribution in [2.45, 2.75) is 51.0 Å². The highest BCUT2D eigenvalue weighted by Gasteiger charge is 2.24. The van der Waals surface area contributed by atoms with Gasteiger partial charge in [0.15, 0.2) is 0 Å². The second-order valence-corrected chi connectivity index (χ2v) is 4.98. The number of rotatable bonds is 4. The lowest BCUT2D eigenvalue weighted by molar-refractivity contribution is -0.197. The summed E-state index contributed by atoms with van der Waals surface area (Å²) in [6.07, 6.45) is 10.8. The highest BCUT2D eigenvalue weighted by Crippen LogP contribution is 2.16. The van der Waals surface area contributed by atoms with Crippen molar-refractivity contribution in [2.24, 2.45) is 0 Å². The van der Waals surface area contributed by atoms with Crippen LogP contribution in [-0.2, 0) is 19.2 Å². The number of carbonyl (C=O) groups is 2. The minimum absolute atomic E-state index is 0.0713. The zero-order valence-electron chi connectivity index (χ0n) is 11.2. The highest BCUT2D eigenvalue weighted by atomic mass is 16.7. The first-order valence-electron chi connectivity index (χ1n) is 7.03.